The number of hydrogen-bond donors (Lipinski definition) is 3. The Morgan fingerprint density at radius 1 is 1.28 bits per heavy atom. The highest BCUT2D eigenvalue weighted by atomic mass is 16.4. The Bertz CT molecular complexity index is 464. The Morgan fingerprint density at radius 3 is 2.44 bits per heavy atom. The molecular formula is C11H12N2O5. The highest BCUT2D eigenvalue weighted by molar-refractivity contribution is 6.46. The van der Waals surface area contributed by atoms with Crippen molar-refractivity contribution in [3.8, 4) is 0 Å². The fourth-order valence-corrected chi connectivity index (χ4v) is 1.34. The van der Waals surface area contributed by atoms with Crippen LogP contribution in [0, 0.1) is 0 Å². The number of rotatable bonds is 6. The predicted molar refractivity (Wildman–Crippen MR) is 60.2 cm³/mol. The number of nitrogens with one attached hydrogen (secondary N) is 1. The molecule has 0 spiro atoms. The van der Waals surface area contributed by atoms with Crippen LogP contribution in [0.15, 0.2) is 23.9 Å². The van der Waals surface area contributed by atoms with Gasteiger partial charge in [-0.2, -0.15) is 0 Å². The zero-order valence-corrected chi connectivity index (χ0v) is 9.38. The molecule has 0 bridgehead atoms. The average molecular weight is 252 g/mol. The van der Waals surface area contributed by atoms with Crippen molar-refractivity contribution >= 4 is 23.4 Å². The van der Waals surface area contributed by atoms with Crippen LogP contribution in [0.4, 0.5) is 0 Å². The highest BCUT2D eigenvalue weighted by Crippen LogP contribution is 2.06. The summed E-state index contributed by atoms with van der Waals surface area (Å²) >= 11 is 0. The van der Waals surface area contributed by atoms with E-state index >= 15 is 0 Å². The monoisotopic (exact) mass is 252 g/mol. The van der Waals surface area contributed by atoms with Gasteiger partial charge in [-0.25, -0.2) is 4.79 Å². The third-order valence-electron chi connectivity index (χ3n) is 2.26. The average Bonchev–Trinajstić information content (AvgIpc) is 2.28. The van der Waals surface area contributed by atoms with Crippen LogP contribution in [-0.2, 0) is 19.2 Å². The van der Waals surface area contributed by atoms with Crippen molar-refractivity contribution in [3.63, 3.8) is 0 Å². The van der Waals surface area contributed by atoms with Crippen LogP contribution in [0.2, 0.25) is 0 Å². The van der Waals surface area contributed by atoms with Gasteiger partial charge in [0, 0.05) is 18.2 Å². The molecule has 0 heterocycles. The van der Waals surface area contributed by atoms with Gasteiger partial charge in [-0.3, -0.25) is 14.4 Å². The van der Waals surface area contributed by atoms with E-state index in [1.54, 1.807) is 0 Å². The first-order valence-electron chi connectivity index (χ1n) is 5.16. The van der Waals surface area contributed by atoms with Gasteiger partial charge in [0.15, 0.2) is 0 Å². The van der Waals surface area contributed by atoms with Crippen LogP contribution in [0.3, 0.4) is 0 Å². The van der Waals surface area contributed by atoms with Crippen molar-refractivity contribution in [1.82, 2.24) is 5.32 Å². The molecule has 0 aromatic heterocycles. The van der Waals surface area contributed by atoms with E-state index in [1.807, 2.05) is 0 Å². The maximum atomic E-state index is 11.1. The van der Waals surface area contributed by atoms with Gasteiger partial charge in [-0.1, -0.05) is 0 Å². The van der Waals surface area contributed by atoms with Crippen molar-refractivity contribution in [2.75, 3.05) is 0 Å². The molecule has 0 saturated carbocycles. The van der Waals surface area contributed by atoms with Gasteiger partial charge < -0.3 is 16.2 Å². The zero-order chi connectivity index (χ0) is 13.7. The lowest BCUT2D eigenvalue weighted by molar-refractivity contribution is -0.139. The molecule has 1 amide bonds. The molecule has 0 aromatic rings. The summed E-state index contributed by atoms with van der Waals surface area (Å²) in [6.07, 6.45) is 3.29. The number of hydrogen-bond acceptors (Lipinski definition) is 5. The molecule has 7 heteroatoms. The third kappa shape index (κ3) is 3.85. The number of nitrogens with two attached hydrogens (primary N) is 1. The number of amides is 1. The summed E-state index contributed by atoms with van der Waals surface area (Å²) in [6.45, 7) is 0. The summed E-state index contributed by atoms with van der Waals surface area (Å²) in [7, 11) is 0. The van der Waals surface area contributed by atoms with Crippen LogP contribution in [0.1, 0.15) is 12.8 Å². The van der Waals surface area contributed by atoms with E-state index in [1.165, 1.54) is 6.08 Å². The van der Waals surface area contributed by atoms with E-state index in [9.17, 15) is 19.2 Å². The van der Waals surface area contributed by atoms with E-state index in [0.717, 1.165) is 12.2 Å². The summed E-state index contributed by atoms with van der Waals surface area (Å²) in [4.78, 5) is 43.5. The summed E-state index contributed by atoms with van der Waals surface area (Å²) < 4.78 is 0. The molecule has 1 atom stereocenters. The number of carbonyl (C=O) groups excluding carboxylic acids is 3. The van der Waals surface area contributed by atoms with Crippen LogP contribution < -0.4 is 11.1 Å². The second-order valence-electron chi connectivity index (χ2n) is 3.70. The van der Waals surface area contributed by atoms with Crippen molar-refractivity contribution in [3.05, 3.63) is 23.9 Å². The minimum atomic E-state index is -1.17. The first-order chi connectivity index (χ1) is 8.40. The van der Waals surface area contributed by atoms with Crippen LogP contribution >= 0.6 is 0 Å². The molecule has 0 aliphatic heterocycles. The van der Waals surface area contributed by atoms with Crippen molar-refractivity contribution < 1.29 is 24.3 Å². The standard InChI is InChI=1S/C11H12N2O5/c12-10(16)4-2-7(11(17)18)13-6-1-3-8(14)9(15)5-6/h1,3,5,7,13H,2,4H2,(H2,12,16)(H,17,18)/t7-/m0/s1. The van der Waals surface area contributed by atoms with Gasteiger partial charge in [-0.05, 0) is 18.6 Å². The van der Waals surface area contributed by atoms with E-state index in [2.05, 4.69) is 5.32 Å². The van der Waals surface area contributed by atoms with Gasteiger partial charge in [0.2, 0.25) is 17.5 Å². The third-order valence-corrected chi connectivity index (χ3v) is 2.26. The van der Waals surface area contributed by atoms with Gasteiger partial charge in [0.25, 0.3) is 0 Å². The number of allylic oxidation sites excluding steroid dienone is 3. The number of carboxylic acid groups (broad SMARTS) is 1. The zero-order valence-electron chi connectivity index (χ0n) is 9.38. The number of primary amides is 1. The largest absolute Gasteiger partial charge is 0.480 e. The number of ketones is 2. The normalized spacial score (nSPS) is 16.1. The molecule has 0 radical (unpaired) electrons. The first kappa shape index (κ1) is 13.6. The van der Waals surface area contributed by atoms with Crippen molar-refractivity contribution in [2.24, 2.45) is 5.73 Å². The molecule has 4 N–H and O–H groups in total. The SMILES string of the molecule is NC(=O)CC[C@H](NC1=CC(=O)C(=O)C=C1)C(=O)O. The Morgan fingerprint density at radius 2 is 1.94 bits per heavy atom. The molecule has 0 saturated heterocycles. The summed E-state index contributed by atoms with van der Waals surface area (Å²) in [6, 6.07) is -1.05. The Balaban J connectivity index is 2.67. The fraction of sp³-hybridized carbons (Fsp3) is 0.273. The topological polar surface area (TPSA) is 127 Å². The fourth-order valence-electron chi connectivity index (χ4n) is 1.34. The maximum Gasteiger partial charge on any atom is 0.326 e. The Labute approximate surface area is 102 Å². The quantitative estimate of drug-likeness (QED) is 0.406. The lowest BCUT2D eigenvalue weighted by Gasteiger charge is -2.16. The molecule has 18 heavy (non-hydrogen) atoms. The molecular weight excluding hydrogens is 240 g/mol. The van der Waals surface area contributed by atoms with E-state index in [4.69, 9.17) is 10.8 Å². The molecule has 96 valence electrons. The molecule has 0 fully saturated rings. The first-order valence-corrected chi connectivity index (χ1v) is 5.16. The summed E-state index contributed by atoms with van der Waals surface area (Å²) in [5.74, 6) is -3.17. The second-order valence-corrected chi connectivity index (χ2v) is 3.70. The molecule has 0 aromatic carbocycles. The molecule has 7 nitrogen and oxygen atoms in total. The number of carbonyl (C=O) groups is 4. The minimum Gasteiger partial charge on any atom is -0.480 e. The Kier molecular flexibility index (Phi) is 4.36. The predicted octanol–water partition coefficient (Wildman–Crippen LogP) is -1.11. The van der Waals surface area contributed by atoms with E-state index in [-0.39, 0.29) is 18.5 Å². The van der Waals surface area contributed by atoms with Crippen LogP contribution in [0.25, 0.3) is 0 Å². The number of carboxylic acids is 1. The van der Waals surface area contributed by atoms with Gasteiger partial charge in [-0.15, -0.1) is 0 Å². The van der Waals surface area contributed by atoms with Crippen LogP contribution in [-0.4, -0.2) is 34.6 Å². The van der Waals surface area contributed by atoms with Gasteiger partial charge in [0.05, 0.1) is 0 Å². The molecule has 1 aliphatic rings. The minimum absolute atomic E-state index is 0.00200. The molecule has 1 aliphatic carbocycles. The lowest BCUT2D eigenvalue weighted by Crippen LogP contribution is -2.37. The maximum absolute atomic E-state index is 11.1. The van der Waals surface area contributed by atoms with Gasteiger partial charge in [0.1, 0.15) is 6.04 Å². The summed E-state index contributed by atoms with van der Waals surface area (Å²) in [5, 5.41) is 11.5. The molecule has 0 unspecified atom stereocenters. The van der Waals surface area contributed by atoms with Crippen molar-refractivity contribution in [1.29, 1.82) is 0 Å². The number of aliphatic carboxylic acids is 1. The smallest absolute Gasteiger partial charge is 0.326 e. The molecule has 1 rings (SSSR count). The lowest BCUT2D eigenvalue weighted by atomic mass is 10.1. The van der Waals surface area contributed by atoms with Crippen molar-refractivity contribution in [2.45, 2.75) is 18.9 Å². The van der Waals surface area contributed by atoms with E-state index < -0.39 is 29.5 Å². The van der Waals surface area contributed by atoms with E-state index in [0.29, 0.717) is 0 Å². The van der Waals surface area contributed by atoms with Gasteiger partial charge >= 0.3 is 5.97 Å². The summed E-state index contributed by atoms with van der Waals surface area (Å²) in [5.41, 5.74) is 5.15. The van der Waals surface area contributed by atoms with Crippen LogP contribution in [0.5, 0.6) is 0 Å². The highest BCUT2D eigenvalue weighted by Gasteiger charge is 2.20. The Hall–Kier alpha value is -2.44. The second kappa shape index (κ2) is 5.76.